The number of nitrogens with zero attached hydrogens (tertiary/aromatic N) is 7. The Morgan fingerprint density at radius 3 is 1.57 bits per heavy atom. The molecule has 0 saturated carbocycles. The first-order valence-electron chi connectivity index (χ1n) is 14.7. The maximum absolute atomic E-state index is 11.6. The standard InChI is InChI=1S/C13H20N2O2.2C7H8N4O2.C2H8N2/c1-3-15(4-2)9-10-17-13(16)11-5-7-12(14)8-6-11;2*1-10-5-4(8-3-9-5)6(12)11(2)7(10)13;3-1-2-4/h5-8H,3-4,9-10,14H2,1-2H3;2*3H,1-2H3,(H,8,9);1-4H2. The first-order valence-corrected chi connectivity index (χ1v) is 14.7. The monoisotopic (exact) mass is 656 g/mol. The van der Waals surface area contributed by atoms with Gasteiger partial charge in [-0.05, 0) is 37.4 Å². The Balaban J connectivity index is 0.000000234. The first-order chi connectivity index (χ1) is 22.3. The minimum Gasteiger partial charge on any atom is -0.461 e. The number of ether oxygens (including phenoxy) is 1. The molecule has 0 atom stereocenters. The molecule has 1 aromatic carbocycles. The topological polar surface area (TPSA) is 253 Å². The molecule has 8 N–H and O–H groups in total. The summed E-state index contributed by atoms with van der Waals surface area (Å²) in [5.74, 6) is -0.294. The largest absolute Gasteiger partial charge is 0.461 e. The van der Waals surface area contributed by atoms with Crippen molar-refractivity contribution in [1.29, 1.82) is 0 Å². The Morgan fingerprint density at radius 2 is 1.19 bits per heavy atom. The van der Waals surface area contributed by atoms with E-state index in [9.17, 15) is 24.0 Å². The van der Waals surface area contributed by atoms with Gasteiger partial charge >= 0.3 is 17.3 Å². The molecule has 4 aromatic heterocycles. The van der Waals surface area contributed by atoms with Crippen molar-refractivity contribution in [3.63, 3.8) is 0 Å². The number of H-pyrrole nitrogens is 2. The quantitative estimate of drug-likeness (QED) is 0.100. The fourth-order valence-corrected chi connectivity index (χ4v) is 4.05. The Labute approximate surface area is 269 Å². The van der Waals surface area contributed by atoms with Crippen LogP contribution in [0.2, 0.25) is 0 Å². The van der Waals surface area contributed by atoms with Crippen molar-refractivity contribution in [1.82, 2.24) is 43.1 Å². The van der Waals surface area contributed by atoms with Crippen molar-refractivity contribution in [2.24, 2.45) is 39.7 Å². The number of nitrogens with one attached hydrogen (secondary N) is 2. The molecule has 4 heterocycles. The highest BCUT2D eigenvalue weighted by molar-refractivity contribution is 5.89. The summed E-state index contributed by atoms with van der Waals surface area (Å²) in [6, 6.07) is 6.74. The second kappa shape index (κ2) is 18.0. The van der Waals surface area contributed by atoms with Crippen LogP contribution in [0.5, 0.6) is 0 Å². The lowest BCUT2D eigenvalue weighted by Crippen LogP contribution is -2.36. The predicted molar refractivity (Wildman–Crippen MR) is 180 cm³/mol. The van der Waals surface area contributed by atoms with Crippen LogP contribution in [0.3, 0.4) is 0 Å². The number of aromatic amines is 2. The molecule has 0 aliphatic heterocycles. The summed E-state index contributed by atoms with van der Waals surface area (Å²) in [5, 5.41) is 0. The lowest BCUT2D eigenvalue weighted by molar-refractivity contribution is 0.0466. The molecule has 0 saturated heterocycles. The fourth-order valence-electron chi connectivity index (χ4n) is 4.05. The molecular formula is C29H44N12O6. The third-order valence-electron chi connectivity index (χ3n) is 6.91. The average molecular weight is 657 g/mol. The zero-order valence-electron chi connectivity index (χ0n) is 27.5. The Morgan fingerprint density at radius 1 is 0.766 bits per heavy atom. The number of benzene rings is 1. The number of likely N-dealkylation sites (N-methyl/N-ethyl adjacent to an activating group) is 1. The molecule has 0 unspecified atom stereocenters. The van der Waals surface area contributed by atoms with E-state index in [0.717, 1.165) is 28.8 Å². The number of hydrogen-bond donors (Lipinski definition) is 5. The third kappa shape index (κ3) is 9.58. The number of fused-ring (bicyclic) bond motifs is 2. The van der Waals surface area contributed by atoms with Crippen molar-refractivity contribution >= 4 is 34.0 Å². The van der Waals surface area contributed by atoms with E-state index in [4.69, 9.17) is 21.9 Å². The molecule has 0 aliphatic carbocycles. The number of esters is 1. The predicted octanol–water partition coefficient (Wildman–Crippen LogP) is -1.41. The van der Waals surface area contributed by atoms with Gasteiger partial charge in [0.05, 0.1) is 18.2 Å². The molecule has 0 spiro atoms. The van der Waals surface area contributed by atoms with Gasteiger partial charge in [-0.2, -0.15) is 0 Å². The average Bonchev–Trinajstić information content (AvgIpc) is 3.79. The van der Waals surface area contributed by atoms with Crippen molar-refractivity contribution in [2.75, 3.05) is 45.1 Å². The first kappa shape index (κ1) is 37.9. The Kier molecular flexibility index (Phi) is 14.5. The maximum Gasteiger partial charge on any atom is 0.338 e. The molecule has 0 fully saturated rings. The Hall–Kier alpha value is -5.33. The number of nitrogen functional groups attached to an aromatic ring is 1. The van der Waals surface area contributed by atoms with Gasteiger partial charge in [-0.1, -0.05) is 13.8 Å². The normalized spacial score (nSPS) is 10.5. The van der Waals surface area contributed by atoms with Gasteiger partial charge in [0.2, 0.25) is 0 Å². The summed E-state index contributed by atoms with van der Waals surface area (Å²) in [4.78, 5) is 72.6. The van der Waals surface area contributed by atoms with E-state index in [-0.39, 0.29) is 28.5 Å². The van der Waals surface area contributed by atoms with Gasteiger partial charge < -0.3 is 36.8 Å². The number of carbonyl (C=O) groups excluding carboxylic acids is 1. The zero-order chi connectivity index (χ0) is 35.3. The van der Waals surface area contributed by atoms with E-state index in [2.05, 4.69) is 38.7 Å². The number of aryl methyl sites for hydroxylation is 2. The number of carbonyl (C=O) groups is 1. The molecule has 0 aliphatic rings. The molecule has 47 heavy (non-hydrogen) atoms. The third-order valence-corrected chi connectivity index (χ3v) is 6.91. The number of imidazole rings is 2. The lowest BCUT2D eigenvalue weighted by Gasteiger charge is -2.17. The van der Waals surface area contributed by atoms with Gasteiger partial charge in [0.1, 0.15) is 17.6 Å². The number of nitrogens with two attached hydrogens (primary N) is 3. The van der Waals surface area contributed by atoms with Crippen LogP contribution in [0, 0.1) is 0 Å². The maximum atomic E-state index is 11.6. The van der Waals surface area contributed by atoms with Crippen LogP contribution < -0.4 is 39.7 Å². The highest BCUT2D eigenvalue weighted by Crippen LogP contribution is 2.07. The Bertz CT molecular complexity index is 1870. The van der Waals surface area contributed by atoms with Gasteiger partial charge in [0, 0.05) is 53.5 Å². The van der Waals surface area contributed by atoms with Crippen LogP contribution in [-0.4, -0.2) is 88.4 Å². The van der Waals surface area contributed by atoms with Gasteiger partial charge in [-0.25, -0.2) is 24.4 Å². The summed E-state index contributed by atoms with van der Waals surface area (Å²) < 4.78 is 9.92. The number of aromatic nitrogens is 8. The highest BCUT2D eigenvalue weighted by atomic mass is 16.5. The van der Waals surface area contributed by atoms with E-state index in [0.29, 0.717) is 53.3 Å². The molecule has 5 rings (SSSR count). The summed E-state index contributed by atoms with van der Waals surface area (Å²) in [5.41, 5.74) is 16.6. The van der Waals surface area contributed by atoms with Crippen LogP contribution in [0.4, 0.5) is 5.69 Å². The number of hydrogen-bond acceptors (Lipinski definition) is 12. The molecule has 0 bridgehead atoms. The van der Waals surface area contributed by atoms with Crippen molar-refractivity contribution < 1.29 is 9.53 Å². The van der Waals surface area contributed by atoms with Gasteiger partial charge in [-0.15, -0.1) is 0 Å². The lowest BCUT2D eigenvalue weighted by atomic mass is 10.2. The van der Waals surface area contributed by atoms with Crippen molar-refractivity contribution in [3.8, 4) is 0 Å². The summed E-state index contributed by atoms with van der Waals surface area (Å²) in [7, 11) is 6.02. The van der Waals surface area contributed by atoms with E-state index < -0.39 is 0 Å². The van der Waals surface area contributed by atoms with E-state index in [1.165, 1.54) is 35.9 Å². The van der Waals surface area contributed by atoms with Crippen LogP contribution in [0.25, 0.3) is 22.3 Å². The minimum atomic E-state index is -0.371. The van der Waals surface area contributed by atoms with Crippen molar-refractivity contribution in [3.05, 3.63) is 84.2 Å². The molecule has 256 valence electrons. The molecule has 5 aromatic rings. The molecule has 0 amide bonds. The fraction of sp³-hybridized carbons (Fsp3) is 0.414. The van der Waals surface area contributed by atoms with Crippen LogP contribution in [0.15, 0.2) is 56.1 Å². The van der Waals surface area contributed by atoms with Crippen molar-refractivity contribution in [2.45, 2.75) is 13.8 Å². The zero-order valence-corrected chi connectivity index (χ0v) is 27.5. The molecule has 0 radical (unpaired) electrons. The second-order valence-corrected chi connectivity index (χ2v) is 9.98. The molecule has 18 nitrogen and oxygen atoms in total. The van der Waals surface area contributed by atoms with Crippen LogP contribution in [-0.2, 0) is 32.9 Å². The van der Waals surface area contributed by atoms with Crippen LogP contribution in [0.1, 0.15) is 24.2 Å². The van der Waals surface area contributed by atoms with E-state index >= 15 is 0 Å². The highest BCUT2D eigenvalue weighted by Gasteiger charge is 2.10. The summed E-state index contributed by atoms with van der Waals surface area (Å²) in [6.45, 7) is 8.50. The molecule has 18 heteroatoms. The van der Waals surface area contributed by atoms with E-state index in [1.807, 2.05) is 0 Å². The molecular weight excluding hydrogens is 612 g/mol. The van der Waals surface area contributed by atoms with Gasteiger partial charge in [-0.3, -0.25) is 27.9 Å². The summed E-state index contributed by atoms with van der Waals surface area (Å²) in [6.07, 6.45) is 2.79. The van der Waals surface area contributed by atoms with Gasteiger partial charge in [0.25, 0.3) is 11.1 Å². The summed E-state index contributed by atoms with van der Waals surface area (Å²) >= 11 is 0. The smallest absolute Gasteiger partial charge is 0.338 e. The van der Waals surface area contributed by atoms with Crippen LogP contribution >= 0.6 is 0 Å². The second-order valence-electron chi connectivity index (χ2n) is 9.98. The number of anilines is 1. The minimum absolute atomic E-state index is 0.294. The SMILES string of the molecule is CCN(CC)CCOC(=O)c1ccc(N)cc1.Cn1c(=O)c2[nH]cnc2n(C)c1=O.Cn1c(=O)c2[nH]cnc2n(C)c1=O.NCCN. The number of rotatable bonds is 7. The van der Waals surface area contributed by atoms with E-state index in [1.54, 1.807) is 38.4 Å². The van der Waals surface area contributed by atoms with Gasteiger partial charge in [0.15, 0.2) is 11.3 Å².